The van der Waals surface area contributed by atoms with E-state index >= 15 is 0 Å². The van der Waals surface area contributed by atoms with Crippen molar-refractivity contribution in [2.24, 2.45) is 5.73 Å². The first-order valence-corrected chi connectivity index (χ1v) is 23.6. The van der Waals surface area contributed by atoms with E-state index in [-0.39, 0.29) is 52.1 Å². The minimum atomic E-state index is -0.609. The van der Waals surface area contributed by atoms with Crippen molar-refractivity contribution in [1.29, 1.82) is 5.26 Å². The zero-order chi connectivity index (χ0) is 50.5. The van der Waals surface area contributed by atoms with Crippen LogP contribution in [0, 0.1) is 23.0 Å². The summed E-state index contributed by atoms with van der Waals surface area (Å²) in [4.78, 5) is 54.7. The molecule has 2 aromatic carbocycles. The Bertz CT molecular complexity index is 3910. The van der Waals surface area contributed by atoms with Crippen LogP contribution in [0.15, 0.2) is 98.4 Å². The van der Waals surface area contributed by atoms with Gasteiger partial charge in [-0.1, -0.05) is 33.6 Å². The van der Waals surface area contributed by atoms with Crippen LogP contribution in [0.4, 0.5) is 8.78 Å². The van der Waals surface area contributed by atoms with Gasteiger partial charge in [0.25, 0.3) is 17.7 Å². The number of halogens is 4. The van der Waals surface area contributed by atoms with Gasteiger partial charge in [-0.25, -0.2) is 28.1 Å². The first kappa shape index (κ1) is 46.6. The second-order valence-electron chi connectivity index (χ2n) is 17.8. The van der Waals surface area contributed by atoms with Gasteiger partial charge in [-0.15, -0.1) is 10.2 Å². The van der Waals surface area contributed by atoms with Crippen LogP contribution < -0.4 is 16.4 Å². The zero-order valence-corrected chi connectivity index (χ0v) is 39.7. The van der Waals surface area contributed by atoms with Crippen molar-refractivity contribution >= 4 is 73.8 Å². The highest BCUT2D eigenvalue weighted by Gasteiger charge is 2.26. The van der Waals surface area contributed by atoms with Gasteiger partial charge in [0.1, 0.15) is 17.1 Å². The summed E-state index contributed by atoms with van der Waals surface area (Å²) in [5.74, 6) is -1.67. The average Bonchev–Trinajstić information content (AvgIpc) is 4.23. The Kier molecular flexibility index (Phi) is 12.2. The van der Waals surface area contributed by atoms with Crippen LogP contribution in [0.2, 0.25) is 10.0 Å². The number of pyridine rings is 4. The van der Waals surface area contributed by atoms with Crippen LogP contribution in [0.5, 0.6) is 0 Å². The average molecular weight is 1020 g/mol. The van der Waals surface area contributed by atoms with Crippen molar-refractivity contribution in [2.45, 2.75) is 63.7 Å². The van der Waals surface area contributed by atoms with Gasteiger partial charge >= 0.3 is 0 Å². The number of fused-ring (bicyclic) bond motifs is 4. The van der Waals surface area contributed by atoms with Gasteiger partial charge in [0.2, 0.25) is 0 Å². The van der Waals surface area contributed by atoms with Crippen LogP contribution in [-0.2, 0) is 26.2 Å². The third-order valence-corrected chi connectivity index (χ3v) is 13.2. The lowest BCUT2D eigenvalue weighted by Crippen LogP contribution is -2.23. The molecule has 0 bridgehead atoms. The molecule has 23 heteroatoms. The molecule has 0 radical (unpaired) electrons. The molecule has 0 spiro atoms. The van der Waals surface area contributed by atoms with Gasteiger partial charge in [-0.3, -0.25) is 24.4 Å². The van der Waals surface area contributed by atoms with E-state index < -0.39 is 29.4 Å². The lowest BCUT2D eigenvalue weighted by Gasteiger charge is -2.09. The molecule has 10 aromatic rings. The molecule has 12 rings (SSSR count). The molecule has 0 saturated heterocycles. The maximum absolute atomic E-state index is 14.4. The van der Waals surface area contributed by atoms with E-state index in [0.29, 0.717) is 51.9 Å². The number of nitrogens with one attached hydrogen (secondary N) is 2. The van der Waals surface area contributed by atoms with Crippen LogP contribution in [-0.4, -0.2) is 76.4 Å². The highest BCUT2D eigenvalue weighted by atomic mass is 35.5. The number of carbonyl (C=O) groups is 3. The summed E-state index contributed by atoms with van der Waals surface area (Å²) in [6.45, 7) is 0.557. The Morgan fingerprint density at radius 1 is 0.685 bits per heavy atom. The maximum Gasteiger partial charge on any atom is 0.273 e. The molecule has 3 amide bonds. The van der Waals surface area contributed by atoms with Crippen LogP contribution in [0.1, 0.15) is 108 Å². The van der Waals surface area contributed by atoms with Gasteiger partial charge in [0.15, 0.2) is 23.0 Å². The number of amides is 3. The summed E-state index contributed by atoms with van der Waals surface area (Å²) in [5.41, 5.74) is 12.9. The molecule has 2 fully saturated rings. The SMILES string of the molecule is N#Cc1cc(Cn2cc(C(=O)NCc3ncn4ccc(Cl)c(F)c34)nn2)cc2cc(C3CC3)cnc12.NC(=O)c1cc(Cn2cc(C(=O)NCc3ncn4ccc(Cl)c(F)c34)nn2)cc2cc(C3CC3)cnc12. The number of carbonyl (C=O) groups excluding carboxylic acids is 3. The quantitative estimate of drug-likeness (QED) is 0.104. The molecular weight excluding hydrogens is 982 g/mol. The number of hydrogen-bond acceptors (Lipinski definition) is 12. The predicted molar refractivity (Wildman–Crippen MR) is 262 cm³/mol. The number of primary amides is 1. The van der Waals surface area contributed by atoms with E-state index in [2.05, 4.69) is 63.3 Å². The van der Waals surface area contributed by atoms with Crippen molar-refractivity contribution in [1.82, 2.24) is 69.4 Å². The monoisotopic (exact) mass is 1020 g/mol. The Labute approximate surface area is 421 Å². The number of nitrogens with two attached hydrogens (primary N) is 1. The Morgan fingerprint density at radius 3 is 1.64 bits per heavy atom. The summed E-state index contributed by atoms with van der Waals surface area (Å²) >= 11 is 11.7. The van der Waals surface area contributed by atoms with Crippen molar-refractivity contribution in [3.8, 4) is 6.07 Å². The standard InChI is InChI=1S/C25H20ClFN8O2.C25H18ClFN8O/c26-18-3-4-34-12-31-19(23(34)21(18)27)9-30-25(37)20-11-35(33-32-20)10-13-5-15-7-16(14-1-2-14)8-29-22(15)17(6-13)24(28)36;26-19-3-4-34-13-31-20(24(34)22(19)27)10-30-25(36)21-12-35(33-32-21)11-14-5-16-7-18(15-1-2-15)9-29-23(16)17(6-14)8-28/h3-8,11-12,14H,1-2,9-10H2,(H2,28,36)(H,30,37);3-7,9,12-13,15H,1-2,10-11H2,(H,30,36). The number of aromatic nitrogens is 12. The van der Waals surface area contributed by atoms with Crippen molar-refractivity contribution in [3.63, 3.8) is 0 Å². The van der Waals surface area contributed by atoms with Crippen molar-refractivity contribution in [2.75, 3.05) is 0 Å². The van der Waals surface area contributed by atoms with E-state index in [0.717, 1.165) is 40.3 Å². The van der Waals surface area contributed by atoms with Gasteiger partial charge in [0.05, 0.1) is 94.8 Å². The third kappa shape index (κ3) is 9.60. The first-order valence-electron chi connectivity index (χ1n) is 22.9. The highest BCUT2D eigenvalue weighted by molar-refractivity contribution is 6.31. The summed E-state index contributed by atoms with van der Waals surface area (Å²) in [7, 11) is 0. The molecule has 73 heavy (non-hydrogen) atoms. The molecule has 0 aliphatic heterocycles. The first-order chi connectivity index (χ1) is 35.4. The molecule has 8 heterocycles. The molecule has 0 unspecified atom stereocenters. The number of benzene rings is 2. The fourth-order valence-electron chi connectivity index (χ4n) is 8.66. The fourth-order valence-corrected chi connectivity index (χ4v) is 8.96. The second-order valence-corrected chi connectivity index (χ2v) is 18.6. The largest absolute Gasteiger partial charge is 0.366 e. The number of nitrogens with zero attached hydrogens (tertiary/aromatic N) is 13. The van der Waals surface area contributed by atoms with Crippen LogP contribution in [0.3, 0.4) is 0 Å². The molecule has 8 aromatic heterocycles. The third-order valence-electron chi connectivity index (χ3n) is 12.6. The van der Waals surface area contributed by atoms with Crippen molar-refractivity contribution < 1.29 is 23.2 Å². The number of nitriles is 1. The summed E-state index contributed by atoms with van der Waals surface area (Å²) in [5, 5.41) is 32.7. The Morgan fingerprint density at radius 2 is 1.16 bits per heavy atom. The molecule has 2 aliphatic rings. The fraction of sp³-hybridized carbons (Fsp3) is 0.200. The summed E-state index contributed by atoms with van der Waals surface area (Å²) in [6, 6.07) is 16.6. The Hall–Kier alpha value is -8.74. The number of rotatable bonds is 13. The molecule has 19 nitrogen and oxygen atoms in total. The number of hydrogen-bond donors (Lipinski definition) is 3. The predicted octanol–water partition coefficient (Wildman–Crippen LogP) is 7.21. The van der Waals surface area contributed by atoms with E-state index in [4.69, 9.17) is 28.9 Å². The van der Waals surface area contributed by atoms with Gasteiger partial charge < -0.3 is 25.2 Å². The summed E-state index contributed by atoms with van der Waals surface area (Å²) < 4.78 is 34.8. The maximum atomic E-state index is 14.4. The normalized spacial score (nSPS) is 13.3. The van der Waals surface area contributed by atoms with E-state index in [1.807, 2.05) is 30.6 Å². The van der Waals surface area contributed by atoms with Gasteiger partial charge in [-0.2, -0.15) is 5.26 Å². The van der Waals surface area contributed by atoms with E-state index in [1.165, 1.54) is 73.8 Å². The van der Waals surface area contributed by atoms with Gasteiger partial charge in [-0.05, 0) is 108 Å². The van der Waals surface area contributed by atoms with Crippen LogP contribution in [0.25, 0.3) is 32.8 Å². The molecule has 0 atom stereocenters. The number of imidazole rings is 2. The topological polar surface area (TPSA) is 247 Å². The molecule has 364 valence electrons. The van der Waals surface area contributed by atoms with Gasteiger partial charge in [0, 0.05) is 35.6 Å². The molecular formula is C50H38Cl2F2N16O3. The summed E-state index contributed by atoms with van der Waals surface area (Å²) in [6.07, 6.45) is 17.4. The second kappa shape index (κ2) is 19.1. The van der Waals surface area contributed by atoms with Crippen LogP contribution >= 0.6 is 23.2 Å². The van der Waals surface area contributed by atoms with Crippen molar-refractivity contribution in [3.05, 3.63) is 176 Å². The van der Waals surface area contributed by atoms with E-state index in [1.54, 1.807) is 24.5 Å². The Balaban J connectivity index is 0.000000157. The lowest BCUT2D eigenvalue weighted by atomic mass is 10.0. The minimum Gasteiger partial charge on any atom is -0.366 e. The minimum absolute atomic E-state index is 0.00795. The molecule has 2 saturated carbocycles. The molecule has 2 aliphatic carbocycles. The molecule has 4 N–H and O–H groups in total. The lowest BCUT2D eigenvalue weighted by molar-refractivity contribution is 0.0937. The zero-order valence-electron chi connectivity index (χ0n) is 38.2. The highest BCUT2D eigenvalue weighted by Crippen LogP contribution is 2.41. The smallest absolute Gasteiger partial charge is 0.273 e. The van der Waals surface area contributed by atoms with E-state index in [9.17, 15) is 28.4 Å².